The molecular formula is C22H19N5O. The van der Waals surface area contributed by atoms with Crippen LogP contribution in [0.4, 0.5) is 11.4 Å². The molecule has 0 unspecified atom stereocenters. The molecule has 0 saturated carbocycles. The van der Waals surface area contributed by atoms with Crippen LogP contribution in [0.15, 0.2) is 73.2 Å². The highest BCUT2D eigenvalue weighted by atomic mass is 16.1. The number of hydrogen-bond acceptors (Lipinski definition) is 4. The molecule has 0 aliphatic carbocycles. The van der Waals surface area contributed by atoms with Gasteiger partial charge in [-0.1, -0.05) is 30.3 Å². The van der Waals surface area contributed by atoms with Gasteiger partial charge in [0.05, 0.1) is 29.3 Å². The first-order valence-corrected chi connectivity index (χ1v) is 8.81. The maximum absolute atomic E-state index is 12.8. The Bertz CT molecular complexity index is 1190. The normalized spacial score (nSPS) is 10.8. The number of amides is 1. The van der Waals surface area contributed by atoms with Gasteiger partial charge in [0.25, 0.3) is 5.91 Å². The van der Waals surface area contributed by atoms with Gasteiger partial charge < -0.3 is 15.5 Å². The first-order chi connectivity index (χ1) is 13.5. The van der Waals surface area contributed by atoms with Crippen molar-refractivity contribution in [3.63, 3.8) is 0 Å². The molecule has 0 radical (unpaired) electrons. The summed E-state index contributed by atoms with van der Waals surface area (Å²) in [6.45, 7) is 1.88. The van der Waals surface area contributed by atoms with E-state index in [1.807, 2.05) is 47.7 Å². The molecule has 0 aliphatic heterocycles. The van der Waals surface area contributed by atoms with Crippen LogP contribution in [0, 0.1) is 12.3 Å². The number of aryl methyl sites for hydroxylation is 1. The minimum atomic E-state index is -0.227. The Kier molecular flexibility index (Phi) is 4.37. The van der Waals surface area contributed by atoms with Crippen LogP contribution in [0.2, 0.25) is 0 Å². The zero-order chi connectivity index (χ0) is 19.7. The molecule has 28 heavy (non-hydrogen) atoms. The van der Waals surface area contributed by atoms with E-state index in [0.717, 1.165) is 16.8 Å². The number of rotatable bonds is 4. The summed E-state index contributed by atoms with van der Waals surface area (Å²) >= 11 is 0. The van der Waals surface area contributed by atoms with Gasteiger partial charge in [0, 0.05) is 28.2 Å². The van der Waals surface area contributed by atoms with E-state index in [0.29, 0.717) is 28.2 Å². The van der Waals surface area contributed by atoms with E-state index in [2.05, 4.69) is 10.3 Å². The molecule has 0 bridgehead atoms. The Balaban J connectivity index is 1.64. The van der Waals surface area contributed by atoms with Gasteiger partial charge >= 0.3 is 0 Å². The average Bonchev–Trinajstić information content (AvgIpc) is 3.19. The summed E-state index contributed by atoms with van der Waals surface area (Å²) in [5.74, 6) is -0.227. The molecule has 2 aromatic carbocycles. The van der Waals surface area contributed by atoms with E-state index in [1.165, 1.54) is 0 Å². The van der Waals surface area contributed by atoms with Crippen LogP contribution in [0.5, 0.6) is 0 Å². The summed E-state index contributed by atoms with van der Waals surface area (Å²) < 4.78 is 1.87. The van der Waals surface area contributed by atoms with Crippen LogP contribution in [-0.4, -0.2) is 21.0 Å². The number of aromatic nitrogens is 2. The van der Waals surface area contributed by atoms with Gasteiger partial charge in [0.15, 0.2) is 0 Å². The van der Waals surface area contributed by atoms with Gasteiger partial charge in [0.1, 0.15) is 0 Å². The molecule has 0 fully saturated rings. The van der Waals surface area contributed by atoms with E-state index in [-0.39, 0.29) is 5.91 Å². The number of benzene rings is 2. The van der Waals surface area contributed by atoms with Crippen molar-refractivity contribution in [1.82, 2.24) is 9.38 Å². The fourth-order valence-corrected chi connectivity index (χ4v) is 3.18. The Morgan fingerprint density at radius 1 is 1.07 bits per heavy atom. The number of hydrogen-bond donors (Lipinski definition) is 3. The molecule has 2 aromatic heterocycles. The minimum absolute atomic E-state index is 0.227. The molecule has 0 spiro atoms. The number of anilines is 2. The second kappa shape index (κ2) is 7.00. The van der Waals surface area contributed by atoms with E-state index in [9.17, 15) is 4.79 Å². The predicted molar refractivity (Wildman–Crippen MR) is 111 cm³/mol. The third-order valence-electron chi connectivity index (χ3n) is 4.73. The van der Waals surface area contributed by atoms with Gasteiger partial charge in [-0.15, -0.1) is 0 Å². The number of carbonyl (C=O) groups is 1. The molecule has 4 aromatic rings. The maximum atomic E-state index is 12.8. The van der Waals surface area contributed by atoms with Gasteiger partial charge in [-0.05, 0) is 37.3 Å². The Morgan fingerprint density at radius 3 is 2.64 bits per heavy atom. The topological polar surface area (TPSA) is 96.3 Å². The van der Waals surface area contributed by atoms with Gasteiger partial charge in [-0.3, -0.25) is 10.2 Å². The van der Waals surface area contributed by atoms with Crippen molar-refractivity contribution < 1.29 is 4.79 Å². The summed E-state index contributed by atoms with van der Waals surface area (Å²) in [7, 11) is 0. The lowest BCUT2D eigenvalue weighted by atomic mass is 10.0. The zero-order valence-corrected chi connectivity index (χ0v) is 15.3. The summed E-state index contributed by atoms with van der Waals surface area (Å²) in [4.78, 5) is 16.9. The van der Waals surface area contributed by atoms with Crippen molar-refractivity contribution in [2.45, 2.75) is 6.92 Å². The third kappa shape index (κ3) is 3.12. The molecule has 6 nitrogen and oxygen atoms in total. The molecule has 4 rings (SSSR count). The van der Waals surface area contributed by atoms with Crippen molar-refractivity contribution in [2.24, 2.45) is 0 Å². The van der Waals surface area contributed by atoms with Crippen molar-refractivity contribution in [1.29, 1.82) is 5.41 Å². The van der Waals surface area contributed by atoms with Crippen molar-refractivity contribution in [2.75, 3.05) is 11.1 Å². The molecule has 2 heterocycles. The summed E-state index contributed by atoms with van der Waals surface area (Å²) in [6, 6.07) is 18.2. The lowest BCUT2D eigenvalue weighted by molar-refractivity contribution is 0.102. The second-order valence-electron chi connectivity index (χ2n) is 6.52. The highest BCUT2D eigenvalue weighted by Crippen LogP contribution is 2.22. The van der Waals surface area contributed by atoms with Gasteiger partial charge in [-0.25, -0.2) is 4.98 Å². The Hall–Kier alpha value is -3.93. The molecule has 0 atom stereocenters. The number of fused-ring (bicyclic) bond motifs is 1. The standard InChI is InChI=1S/C22H19N5O/c1-14-18(9-8-17-12-25-13-27(14)17)22(28)26-16-7-10-20(23)19(11-16)21(24)15-5-3-2-4-6-15/h2-13,24H,23H2,1H3,(H,26,28). The van der Waals surface area contributed by atoms with Gasteiger partial charge in [-0.2, -0.15) is 0 Å². The highest BCUT2D eigenvalue weighted by Gasteiger charge is 2.14. The largest absolute Gasteiger partial charge is 0.398 e. The molecule has 6 heteroatoms. The fraction of sp³-hybridized carbons (Fsp3) is 0.0455. The number of nitrogen functional groups attached to an aromatic ring is 1. The third-order valence-corrected chi connectivity index (χ3v) is 4.73. The molecule has 4 N–H and O–H groups in total. The zero-order valence-electron chi connectivity index (χ0n) is 15.3. The molecule has 0 aliphatic rings. The van der Waals surface area contributed by atoms with Crippen LogP contribution in [0.25, 0.3) is 5.52 Å². The quantitative estimate of drug-likeness (QED) is 0.376. The SMILES string of the molecule is Cc1c(C(=O)Nc2ccc(N)c(C(=N)c3ccccc3)c2)ccc2cncn12. The molecule has 0 saturated heterocycles. The smallest absolute Gasteiger partial charge is 0.257 e. The van der Waals surface area contributed by atoms with E-state index >= 15 is 0 Å². The maximum Gasteiger partial charge on any atom is 0.257 e. The van der Waals surface area contributed by atoms with E-state index in [4.69, 9.17) is 11.1 Å². The number of imidazole rings is 1. The highest BCUT2D eigenvalue weighted by molar-refractivity contribution is 6.15. The fourth-order valence-electron chi connectivity index (χ4n) is 3.18. The first kappa shape index (κ1) is 17.5. The summed E-state index contributed by atoms with van der Waals surface area (Å²) in [6.07, 6.45) is 3.43. The van der Waals surface area contributed by atoms with E-state index < -0.39 is 0 Å². The van der Waals surface area contributed by atoms with Crippen molar-refractivity contribution in [3.8, 4) is 0 Å². The lowest BCUT2D eigenvalue weighted by Gasteiger charge is -2.13. The molecular weight excluding hydrogens is 350 g/mol. The Morgan fingerprint density at radius 2 is 1.86 bits per heavy atom. The number of nitrogens with one attached hydrogen (secondary N) is 2. The molecule has 1 amide bonds. The van der Waals surface area contributed by atoms with Crippen LogP contribution < -0.4 is 11.1 Å². The predicted octanol–water partition coefficient (Wildman–Crippen LogP) is 3.89. The van der Waals surface area contributed by atoms with Crippen LogP contribution in [0.1, 0.15) is 27.2 Å². The summed E-state index contributed by atoms with van der Waals surface area (Å²) in [5, 5.41) is 11.4. The molecule has 138 valence electrons. The number of nitrogens with two attached hydrogens (primary N) is 1. The van der Waals surface area contributed by atoms with Crippen LogP contribution in [0.3, 0.4) is 0 Å². The Labute approximate surface area is 162 Å². The van der Waals surface area contributed by atoms with E-state index in [1.54, 1.807) is 36.8 Å². The number of carbonyl (C=O) groups excluding carboxylic acids is 1. The number of nitrogens with zero attached hydrogens (tertiary/aromatic N) is 2. The van der Waals surface area contributed by atoms with Crippen molar-refractivity contribution in [3.05, 3.63) is 95.6 Å². The minimum Gasteiger partial charge on any atom is -0.398 e. The lowest BCUT2D eigenvalue weighted by Crippen LogP contribution is -2.15. The average molecular weight is 369 g/mol. The monoisotopic (exact) mass is 369 g/mol. The second-order valence-corrected chi connectivity index (χ2v) is 6.52. The number of pyridine rings is 1. The van der Waals surface area contributed by atoms with Gasteiger partial charge in [0.2, 0.25) is 0 Å². The first-order valence-electron chi connectivity index (χ1n) is 8.81. The summed E-state index contributed by atoms with van der Waals surface area (Å²) in [5.41, 5.74) is 11.1. The van der Waals surface area contributed by atoms with Crippen molar-refractivity contribution >= 4 is 28.5 Å². The van der Waals surface area contributed by atoms with Crippen LogP contribution in [-0.2, 0) is 0 Å². The van der Waals surface area contributed by atoms with Crippen LogP contribution >= 0.6 is 0 Å².